The highest BCUT2D eigenvalue weighted by Crippen LogP contribution is 2.44. The molecule has 4 unspecified atom stereocenters. The van der Waals surface area contributed by atoms with Crippen LogP contribution >= 0.6 is 0 Å². The zero-order valence-electron chi connectivity index (χ0n) is 10.0. The van der Waals surface area contributed by atoms with Crippen molar-refractivity contribution in [2.24, 2.45) is 11.8 Å². The Kier molecular flexibility index (Phi) is 2.93. The van der Waals surface area contributed by atoms with Crippen LogP contribution in [-0.4, -0.2) is 16.3 Å². The van der Waals surface area contributed by atoms with E-state index < -0.39 is 0 Å². The summed E-state index contributed by atoms with van der Waals surface area (Å²) >= 11 is 0. The van der Waals surface area contributed by atoms with Crippen molar-refractivity contribution in [3.8, 4) is 0 Å². The first-order valence-electron chi connectivity index (χ1n) is 6.71. The number of aryl methyl sites for hydroxylation is 1. The van der Waals surface area contributed by atoms with Crippen LogP contribution in [0.5, 0.6) is 0 Å². The van der Waals surface area contributed by atoms with E-state index in [0.29, 0.717) is 5.92 Å². The number of aliphatic hydroxyl groups is 2. The highest BCUT2D eigenvalue weighted by Gasteiger charge is 2.39. The zero-order chi connectivity index (χ0) is 11.8. The molecule has 3 rings (SSSR count). The van der Waals surface area contributed by atoms with Gasteiger partial charge in [0.2, 0.25) is 0 Å². The van der Waals surface area contributed by atoms with Crippen LogP contribution in [0, 0.1) is 11.8 Å². The van der Waals surface area contributed by atoms with Crippen LogP contribution in [-0.2, 0) is 6.42 Å². The van der Waals surface area contributed by atoms with E-state index in [0.717, 1.165) is 37.7 Å². The van der Waals surface area contributed by atoms with E-state index in [4.69, 9.17) is 0 Å². The van der Waals surface area contributed by atoms with Gasteiger partial charge in [0.25, 0.3) is 0 Å². The first-order chi connectivity index (χ1) is 8.27. The summed E-state index contributed by atoms with van der Waals surface area (Å²) in [6.45, 7) is 0. The molecule has 1 fully saturated rings. The number of hydrogen-bond donors (Lipinski definition) is 2. The summed E-state index contributed by atoms with van der Waals surface area (Å²) in [5.74, 6) is 0.556. The third-order valence-electron chi connectivity index (χ3n) is 4.61. The maximum Gasteiger partial charge on any atom is 0.0824 e. The third kappa shape index (κ3) is 1.90. The average Bonchev–Trinajstić information content (AvgIpc) is 2.76. The minimum atomic E-state index is -0.377. The molecule has 0 aromatic heterocycles. The van der Waals surface area contributed by atoms with Crippen LogP contribution in [0.3, 0.4) is 0 Å². The predicted molar refractivity (Wildman–Crippen MR) is 66.6 cm³/mol. The molecule has 1 aromatic carbocycles. The highest BCUT2D eigenvalue weighted by atomic mass is 16.3. The molecule has 0 saturated heterocycles. The van der Waals surface area contributed by atoms with Crippen molar-refractivity contribution < 1.29 is 10.2 Å². The number of benzene rings is 1. The van der Waals surface area contributed by atoms with Gasteiger partial charge < -0.3 is 10.2 Å². The van der Waals surface area contributed by atoms with Crippen LogP contribution < -0.4 is 0 Å². The minimum absolute atomic E-state index is 0.195. The van der Waals surface area contributed by atoms with Gasteiger partial charge in [0.15, 0.2) is 0 Å². The van der Waals surface area contributed by atoms with Crippen molar-refractivity contribution in [2.45, 2.75) is 44.3 Å². The Morgan fingerprint density at radius 1 is 0.941 bits per heavy atom. The topological polar surface area (TPSA) is 40.5 Å². The second kappa shape index (κ2) is 4.43. The number of hydrogen-bond acceptors (Lipinski definition) is 2. The predicted octanol–water partition coefficient (Wildman–Crippen LogP) is 2.44. The van der Waals surface area contributed by atoms with E-state index in [1.54, 1.807) is 0 Å². The van der Waals surface area contributed by atoms with Crippen molar-refractivity contribution in [3.05, 3.63) is 35.4 Å². The summed E-state index contributed by atoms with van der Waals surface area (Å²) in [7, 11) is 0. The van der Waals surface area contributed by atoms with Crippen LogP contribution in [0.15, 0.2) is 24.3 Å². The molecule has 2 N–H and O–H groups in total. The lowest BCUT2D eigenvalue weighted by atomic mass is 9.74. The molecule has 1 saturated carbocycles. The van der Waals surface area contributed by atoms with Gasteiger partial charge in [-0.05, 0) is 48.6 Å². The average molecular weight is 232 g/mol. The summed E-state index contributed by atoms with van der Waals surface area (Å²) in [5.41, 5.74) is 2.37. The van der Waals surface area contributed by atoms with Crippen molar-refractivity contribution in [2.75, 3.05) is 0 Å². The molecule has 4 atom stereocenters. The van der Waals surface area contributed by atoms with Crippen LogP contribution in [0.4, 0.5) is 0 Å². The lowest BCUT2D eigenvalue weighted by molar-refractivity contribution is 0.0113. The molecule has 0 aliphatic heterocycles. The summed E-state index contributed by atoms with van der Waals surface area (Å²) in [4.78, 5) is 0. The first kappa shape index (κ1) is 11.2. The molecule has 0 heterocycles. The molecule has 2 aliphatic rings. The van der Waals surface area contributed by atoms with Crippen LogP contribution in [0.1, 0.15) is 42.9 Å². The summed E-state index contributed by atoms with van der Waals surface area (Å²) in [6.07, 6.45) is 4.58. The standard InChI is InChI=1S/C15H20O2/c16-14-7-3-6-12(14)13-9-8-10-4-1-2-5-11(10)15(13)17/h1-2,4-5,12-17H,3,6-9H2. The zero-order valence-corrected chi connectivity index (χ0v) is 10.0. The fraction of sp³-hybridized carbons (Fsp3) is 0.600. The molecule has 0 bridgehead atoms. The Hall–Kier alpha value is -0.860. The normalized spacial score (nSPS) is 36.8. The molecule has 2 heteroatoms. The van der Waals surface area contributed by atoms with Crippen LogP contribution in [0.2, 0.25) is 0 Å². The van der Waals surface area contributed by atoms with Gasteiger partial charge in [-0.3, -0.25) is 0 Å². The molecule has 1 aromatic rings. The molecule has 92 valence electrons. The lowest BCUT2D eigenvalue weighted by Crippen LogP contribution is -2.31. The van der Waals surface area contributed by atoms with E-state index in [1.807, 2.05) is 18.2 Å². The van der Waals surface area contributed by atoms with E-state index >= 15 is 0 Å². The largest absolute Gasteiger partial charge is 0.393 e. The Morgan fingerprint density at radius 3 is 2.53 bits per heavy atom. The highest BCUT2D eigenvalue weighted by molar-refractivity contribution is 5.32. The Balaban J connectivity index is 1.86. The number of fused-ring (bicyclic) bond motifs is 1. The second-order valence-corrected chi connectivity index (χ2v) is 5.51. The molecule has 2 aliphatic carbocycles. The third-order valence-corrected chi connectivity index (χ3v) is 4.61. The minimum Gasteiger partial charge on any atom is -0.393 e. The molecule has 2 nitrogen and oxygen atoms in total. The maximum absolute atomic E-state index is 10.5. The summed E-state index contributed by atoms with van der Waals surface area (Å²) in [6, 6.07) is 8.18. The Bertz CT molecular complexity index is 402. The fourth-order valence-corrected chi connectivity index (χ4v) is 3.68. The van der Waals surface area contributed by atoms with Gasteiger partial charge in [0, 0.05) is 0 Å². The van der Waals surface area contributed by atoms with Crippen molar-refractivity contribution in [1.82, 2.24) is 0 Å². The molecule has 0 amide bonds. The van der Waals surface area contributed by atoms with Crippen LogP contribution in [0.25, 0.3) is 0 Å². The monoisotopic (exact) mass is 232 g/mol. The van der Waals surface area contributed by atoms with Crippen molar-refractivity contribution in [3.63, 3.8) is 0 Å². The second-order valence-electron chi connectivity index (χ2n) is 5.51. The van der Waals surface area contributed by atoms with Gasteiger partial charge in [0.05, 0.1) is 12.2 Å². The fourth-order valence-electron chi connectivity index (χ4n) is 3.68. The van der Waals surface area contributed by atoms with E-state index in [2.05, 4.69) is 6.07 Å². The quantitative estimate of drug-likeness (QED) is 0.780. The van der Waals surface area contributed by atoms with E-state index in [9.17, 15) is 10.2 Å². The Labute approximate surface area is 102 Å². The van der Waals surface area contributed by atoms with Gasteiger partial charge in [-0.25, -0.2) is 0 Å². The molecule has 0 radical (unpaired) electrons. The van der Waals surface area contributed by atoms with Crippen molar-refractivity contribution in [1.29, 1.82) is 0 Å². The molecule has 0 spiro atoms. The van der Waals surface area contributed by atoms with Crippen molar-refractivity contribution >= 4 is 0 Å². The molecular weight excluding hydrogens is 212 g/mol. The maximum atomic E-state index is 10.5. The van der Waals surface area contributed by atoms with Gasteiger partial charge >= 0.3 is 0 Å². The molecular formula is C15H20O2. The van der Waals surface area contributed by atoms with Gasteiger partial charge in [-0.15, -0.1) is 0 Å². The molecule has 17 heavy (non-hydrogen) atoms. The Morgan fingerprint density at radius 2 is 1.76 bits per heavy atom. The summed E-state index contributed by atoms with van der Waals surface area (Å²) < 4.78 is 0. The number of rotatable bonds is 1. The first-order valence-corrected chi connectivity index (χ1v) is 6.71. The van der Waals surface area contributed by atoms with Gasteiger partial charge in [-0.1, -0.05) is 30.7 Å². The summed E-state index contributed by atoms with van der Waals surface area (Å²) in [5, 5.41) is 20.5. The van der Waals surface area contributed by atoms with E-state index in [1.165, 1.54) is 5.56 Å². The number of aliphatic hydroxyl groups excluding tert-OH is 2. The SMILES string of the molecule is OC1CCCC1C1CCc2ccccc2C1O. The lowest BCUT2D eigenvalue weighted by Gasteiger charge is -2.35. The van der Waals surface area contributed by atoms with Gasteiger partial charge in [0.1, 0.15) is 0 Å². The smallest absolute Gasteiger partial charge is 0.0824 e. The van der Waals surface area contributed by atoms with Gasteiger partial charge in [-0.2, -0.15) is 0 Å². The van der Waals surface area contributed by atoms with E-state index in [-0.39, 0.29) is 18.1 Å².